The van der Waals surface area contributed by atoms with Crippen LogP contribution in [0.2, 0.25) is 0 Å². The lowest BCUT2D eigenvalue weighted by Gasteiger charge is -2.22. The number of aromatic nitrogens is 4. The lowest BCUT2D eigenvalue weighted by atomic mass is 9.97. The largest absolute Gasteiger partial charge is 0.436 e. The fourth-order valence-electron chi connectivity index (χ4n) is 6.35. The molecule has 6 heteroatoms. The fraction of sp³-hybridized carbons (Fsp3) is 0.0244. The quantitative estimate of drug-likeness (QED) is 0.197. The summed E-state index contributed by atoms with van der Waals surface area (Å²) < 4.78 is 6.27. The van der Waals surface area contributed by atoms with E-state index in [-0.39, 0.29) is 6.04 Å². The van der Waals surface area contributed by atoms with Gasteiger partial charge in [-0.05, 0) is 72.3 Å². The first-order valence-electron chi connectivity index (χ1n) is 15.6. The number of rotatable bonds is 5. The van der Waals surface area contributed by atoms with E-state index in [0.29, 0.717) is 5.89 Å². The molecule has 8 aromatic rings. The SMILES string of the molecule is C1=CC(c2cccc(-c3ccccn3)n2)NC(c2cccc(-c3nc4ccccc4c4c3ccc3oc(-c5ccccc5)nc34)c2)=C1. The summed E-state index contributed by atoms with van der Waals surface area (Å²) in [7, 11) is 0. The number of nitrogens with one attached hydrogen (secondary N) is 1. The average molecular weight is 606 g/mol. The highest BCUT2D eigenvalue weighted by molar-refractivity contribution is 6.20. The van der Waals surface area contributed by atoms with Crippen molar-refractivity contribution in [3.05, 3.63) is 163 Å². The molecule has 0 saturated carbocycles. The predicted octanol–water partition coefficient (Wildman–Crippen LogP) is 9.56. The summed E-state index contributed by atoms with van der Waals surface area (Å²) in [5.41, 5.74) is 10.1. The standard InChI is InChI=1S/C41H27N5O/c1-2-11-26(12-3-1)41-46-40-37(47-41)23-22-30-38(40)29-15-4-5-16-32(29)45-39(30)28-14-8-13-27(25-28)31-18-9-20-35(43-31)36-21-10-19-34(44-36)33-17-6-7-24-42-33/h1-25,35,43H. The van der Waals surface area contributed by atoms with Crippen molar-refractivity contribution in [1.29, 1.82) is 0 Å². The van der Waals surface area contributed by atoms with Crippen LogP contribution in [0.3, 0.4) is 0 Å². The van der Waals surface area contributed by atoms with E-state index < -0.39 is 0 Å². The van der Waals surface area contributed by atoms with Gasteiger partial charge in [0.15, 0.2) is 5.58 Å². The van der Waals surface area contributed by atoms with Gasteiger partial charge >= 0.3 is 0 Å². The molecule has 5 heterocycles. The van der Waals surface area contributed by atoms with Gasteiger partial charge in [-0.15, -0.1) is 0 Å². The van der Waals surface area contributed by atoms with Crippen molar-refractivity contribution in [2.45, 2.75) is 6.04 Å². The molecule has 1 aliphatic heterocycles. The van der Waals surface area contributed by atoms with Gasteiger partial charge in [0.05, 0.1) is 34.3 Å². The van der Waals surface area contributed by atoms with Crippen LogP contribution in [-0.2, 0) is 0 Å². The van der Waals surface area contributed by atoms with Crippen molar-refractivity contribution < 1.29 is 4.42 Å². The summed E-state index contributed by atoms with van der Waals surface area (Å²) in [6.45, 7) is 0. The number of oxazole rings is 1. The lowest BCUT2D eigenvalue weighted by Crippen LogP contribution is -2.21. The number of pyridine rings is 3. The van der Waals surface area contributed by atoms with Crippen LogP contribution in [0.15, 0.2) is 156 Å². The second kappa shape index (κ2) is 11.2. The maximum Gasteiger partial charge on any atom is 0.227 e. The fourth-order valence-corrected chi connectivity index (χ4v) is 6.35. The Bertz CT molecular complexity index is 2500. The molecule has 1 N–H and O–H groups in total. The van der Waals surface area contributed by atoms with Gasteiger partial charge in [0.2, 0.25) is 5.89 Å². The maximum atomic E-state index is 6.27. The molecule has 0 saturated heterocycles. The Balaban J connectivity index is 1.12. The number of allylic oxidation sites excluding steroid dienone is 2. The number of para-hydroxylation sites is 1. The molecule has 222 valence electrons. The summed E-state index contributed by atoms with van der Waals surface area (Å²) in [5, 5.41) is 6.81. The van der Waals surface area contributed by atoms with Gasteiger partial charge in [0, 0.05) is 39.2 Å². The summed E-state index contributed by atoms with van der Waals surface area (Å²) >= 11 is 0. The summed E-state index contributed by atoms with van der Waals surface area (Å²) in [4.78, 5) is 19.6. The first kappa shape index (κ1) is 27.0. The third kappa shape index (κ3) is 4.84. The molecular weight excluding hydrogens is 578 g/mol. The number of hydrogen-bond donors (Lipinski definition) is 1. The van der Waals surface area contributed by atoms with Crippen molar-refractivity contribution in [3.8, 4) is 34.1 Å². The third-order valence-corrected chi connectivity index (χ3v) is 8.58. The highest BCUT2D eigenvalue weighted by atomic mass is 16.3. The highest BCUT2D eigenvalue weighted by Crippen LogP contribution is 2.39. The van der Waals surface area contributed by atoms with Crippen LogP contribution in [0, 0.1) is 0 Å². The minimum Gasteiger partial charge on any atom is -0.436 e. The van der Waals surface area contributed by atoms with Gasteiger partial charge in [0.1, 0.15) is 5.52 Å². The zero-order valence-electron chi connectivity index (χ0n) is 25.2. The van der Waals surface area contributed by atoms with Crippen molar-refractivity contribution in [2.75, 3.05) is 0 Å². The molecular formula is C41H27N5O. The molecule has 0 aliphatic carbocycles. The third-order valence-electron chi connectivity index (χ3n) is 8.58. The molecule has 47 heavy (non-hydrogen) atoms. The van der Waals surface area contributed by atoms with E-state index in [9.17, 15) is 0 Å². The number of fused-ring (bicyclic) bond motifs is 5. The normalized spacial score (nSPS) is 14.4. The highest BCUT2D eigenvalue weighted by Gasteiger charge is 2.19. The number of nitrogens with zero attached hydrogens (tertiary/aromatic N) is 4. The minimum absolute atomic E-state index is 0.0822. The minimum atomic E-state index is -0.0822. The van der Waals surface area contributed by atoms with Crippen LogP contribution >= 0.6 is 0 Å². The number of benzene rings is 4. The molecule has 1 unspecified atom stereocenters. The molecule has 4 aromatic carbocycles. The smallest absolute Gasteiger partial charge is 0.227 e. The lowest BCUT2D eigenvalue weighted by molar-refractivity contribution is 0.620. The maximum absolute atomic E-state index is 6.27. The van der Waals surface area contributed by atoms with Crippen LogP contribution in [-0.4, -0.2) is 19.9 Å². The van der Waals surface area contributed by atoms with Crippen LogP contribution < -0.4 is 5.32 Å². The van der Waals surface area contributed by atoms with Gasteiger partial charge < -0.3 is 9.73 Å². The van der Waals surface area contributed by atoms with Gasteiger partial charge in [-0.1, -0.05) is 78.9 Å². The van der Waals surface area contributed by atoms with E-state index in [4.69, 9.17) is 19.4 Å². The Hall–Kier alpha value is -6.40. The molecule has 0 radical (unpaired) electrons. The molecule has 0 fully saturated rings. The van der Waals surface area contributed by atoms with Crippen LogP contribution in [0.1, 0.15) is 17.3 Å². The Morgan fingerprint density at radius 3 is 2.34 bits per heavy atom. The topological polar surface area (TPSA) is 76.7 Å². The van der Waals surface area contributed by atoms with Crippen LogP contribution in [0.25, 0.3) is 72.6 Å². The molecule has 0 spiro atoms. The molecule has 0 bridgehead atoms. The van der Waals surface area contributed by atoms with Gasteiger partial charge in [-0.2, -0.15) is 0 Å². The Labute approximate surface area is 270 Å². The molecule has 1 aliphatic rings. The second-order valence-electron chi connectivity index (χ2n) is 11.5. The monoisotopic (exact) mass is 605 g/mol. The predicted molar refractivity (Wildman–Crippen MR) is 188 cm³/mol. The summed E-state index contributed by atoms with van der Waals surface area (Å²) in [6, 6.07) is 42.8. The molecule has 0 amide bonds. The molecule has 4 aromatic heterocycles. The van der Waals surface area contributed by atoms with E-state index in [2.05, 4.69) is 71.0 Å². The average Bonchev–Trinajstić information content (AvgIpc) is 3.60. The second-order valence-corrected chi connectivity index (χ2v) is 11.5. The molecule has 6 nitrogen and oxygen atoms in total. The van der Waals surface area contributed by atoms with Crippen molar-refractivity contribution in [2.24, 2.45) is 0 Å². The number of dihydropyridines is 1. The zero-order chi connectivity index (χ0) is 31.2. The van der Waals surface area contributed by atoms with Crippen molar-refractivity contribution in [1.82, 2.24) is 25.3 Å². The molecule has 9 rings (SSSR count). The van der Waals surface area contributed by atoms with Crippen molar-refractivity contribution in [3.63, 3.8) is 0 Å². The van der Waals surface area contributed by atoms with E-state index in [1.165, 1.54) is 0 Å². The zero-order valence-corrected chi connectivity index (χ0v) is 25.2. The van der Waals surface area contributed by atoms with Gasteiger partial charge in [0.25, 0.3) is 0 Å². The Morgan fingerprint density at radius 2 is 1.43 bits per heavy atom. The Morgan fingerprint density at radius 1 is 0.617 bits per heavy atom. The van der Waals surface area contributed by atoms with Gasteiger partial charge in [-0.25, -0.2) is 15.0 Å². The first-order chi connectivity index (χ1) is 23.3. The summed E-state index contributed by atoms with van der Waals surface area (Å²) in [5.74, 6) is 0.607. The first-order valence-corrected chi connectivity index (χ1v) is 15.6. The van der Waals surface area contributed by atoms with Gasteiger partial charge in [-0.3, -0.25) is 4.98 Å². The van der Waals surface area contributed by atoms with Crippen LogP contribution in [0.5, 0.6) is 0 Å². The van der Waals surface area contributed by atoms with E-state index >= 15 is 0 Å². The molecule has 1 atom stereocenters. The van der Waals surface area contributed by atoms with E-state index in [0.717, 1.165) is 77.9 Å². The Kier molecular flexibility index (Phi) is 6.42. The van der Waals surface area contributed by atoms with Crippen LogP contribution in [0.4, 0.5) is 0 Å². The summed E-state index contributed by atoms with van der Waals surface area (Å²) in [6.07, 6.45) is 8.12. The number of hydrogen-bond acceptors (Lipinski definition) is 6. The van der Waals surface area contributed by atoms with Crippen molar-refractivity contribution >= 4 is 38.5 Å². The van der Waals surface area contributed by atoms with E-state index in [1.807, 2.05) is 84.9 Å². The van der Waals surface area contributed by atoms with E-state index in [1.54, 1.807) is 6.20 Å².